The molecule has 1 heterocycles. The SMILES string of the molecule is CC(=O)N(CC[C@@H](c1ccc(C)cc1)c1ccco1)Cc1ccc(F)cc1. The molecule has 1 atom stereocenters. The number of rotatable bonds is 7. The van der Waals surface area contributed by atoms with Gasteiger partial charge in [0, 0.05) is 25.9 Å². The maximum Gasteiger partial charge on any atom is 0.219 e. The molecule has 27 heavy (non-hydrogen) atoms. The van der Waals surface area contributed by atoms with Gasteiger partial charge >= 0.3 is 0 Å². The molecular weight excluding hydrogens is 341 g/mol. The quantitative estimate of drug-likeness (QED) is 0.569. The smallest absolute Gasteiger partial charge is 0.219 e. The monoisotopic (exact) mass is 365 g/mol. The summed E-state index contributed by atoms with van der Waals surface area (Å²) in [7, 11) is 0. The van der Waals surface area contributed by atoms with Gasteiger partial charge in [-0.05, 0) is 48.7 Å². The van der Waals surface area contributed by atoms with E-state index in [9.17, 15) is 9.18 Å². The van der Waals surface area contributed by atoms with Crippen LogP contribution in [-0.4, -0.2) is 17.4 Å². The molecule has 1 amide bonds. The van der Waals surface area contributed by atoms with E-state index in [4.69, 9.17) is 4.42 Å². The van der Waals surface area contributed by atoms with Crippen molar-refractivity contribution < 1.29 is 13.6 Å². The molecule has 0 saturated heterocycles. The molecule has 2 aromatic carbocycles. The Kier molecular flexibility index (Phi) is 6.07. The molecule has 1 aromatic heterocycles. The fraction of sp³-hybridized carbons (Fsp3) is 0.261. The van der Waals surface area contributed by atoms with Crippen LogP contribution in [0, 0.1) is 12.7 Å². The van der Waals surface area contributed by atoms with Gasteiger partial charge < -0.3 is 9.32 Å². The molecule has 3 aromatic rings. The fourth-order valence-corrected chi connectivity index (χ4v) is 3.20. The van der Waals surface area contributed by atoms with Crippen molar-refractivity contribution >= 4 is 5.91 Å². The van der Waals surface area contributed by atoms with Gasteiger partial charge in [-0.25, -0.2) is 4.39 Å². The van der Waals surface area contributed by atoms with E-state index >= 15 is 0 Å². The largest absolute Gasteiger partial charge is 0.469 e. The van der Waals surface area contributed by atoms with E-state index in [1.54, 1.807) is 30.2 Å². The number of hydrogen-bond donors (Lipinski definition) is 0. The van der Waals surface area contributed by atoms with Crippen molar-refractivity contribution in [2.45, 2.75) is 32.7 Å². The Balaban J connectivity index is 1.75. The topological polar surface area (TPSA) is 33.5 Å². The summed E-state index contributed by atoms with van der Waals surface area (Å²) in [6.07, 6.45) is 2.43. The van der Waals surface area contributed by atoms with Crippen LogP contribution in [0.15, 0.2) is 71.3 Å². The van der Waals surface area contributed by atoms with E-state index in [1.807, 2.05) is 12.1 Å². The standard InChI is InChI=1S/C23H24FNO2/c1-17-5-9-20(10-6-17)22(23-4-3-15-27-23)13-14-25(18(2)26)16-19-7-11-21(24)12-8-19/h3-12,15,22H,13-14,16H2,1-2H3/t22-/m0/s1. The van der Waals surface area contributed by atoms with Crippen LogP contribution in [0.2, 0.25) is 0 Å². The molecule has 0 aliphatic heterocycles. The summed E-state index contributed by atoms with van der Waals surface area (Å²) in [6.45, 7) is 4.68. The molecule has 0 aliphatic carbocycles. The van der Waals surface area contributed by atoms with Gasteiger partial charge in [0.2, 0.25) is 5.91 Å². The number of carbonyl (C=O) groups excluding carboxylic acids is 1. The Morgan fingerprint density at radius 1 is 1.07 bits per heavy atom. The molecule has 0 spiro atoms. The Hall–Kier alpha value is -2.88. The van der Waals surface area contributed by atoms with Gasteiger partial charge in [0.25, 0.3) is 0 Å². The van der Waals surface area contributed by atoms with E-state index in [-0.39, 0.29) is 17.6 Å². The highest BCUT2D eigenvalue weighted by molar-refractivity contribution is 5.73. The zero-order chi connectivity index (χ0) is 19.2. The summed E-state index contributed by atoms with van der Waals surface area (Å²) in [4.78, 5) is 13.9. The zero-order valence-corrected chi connectivity index (χ0v) is 15.7. The van der Waals surface area contributed by atoms with Gasteiger partial charge in [0.15, 0.2) is 0 Å². The lowest BCUT2D eigenvalue weighted by molar-refractivity contribution is -0.129. The zero-order valence-electron chi connectivity index (χ0n) is 15.7. The molecule has 3 rings (SSSR count). The van der Waals surface area contributed by atoms with Crippen LogP contribution >= 0.6 is 0 Å². The first-order valence-corrected chi connectivity index (χ1v) is 9.13. The normalized spacial score (nSPS) is 12.0. The predicted octanol–water partition coefficient (Wildman–Crippen LogP) is 5.30. The van der Waals surface area contributed by atoms with E-state index in [1.165, 1.54) is 23.3 Å². The number of carbonyl (C=O) groups is 1. The third-order valence-electron chi connectivity index (χ3n) is 4.79. The maximum atomic E-state index is 13.1. The lowest BCUT2D eigenvalue weighted by atomic mass is 9.92. The molecule has 0 aliphatic rings. The summed E-state index contributed by atoms with van der Waals surface area (Å²) in [6, 6.07) is 18.5. The highest BCUT2D eigenvalue weighted by Gasteiger charge is 2.19. The number of benzene rings is 2. The molecule has 0 radical (unpaired) electrons. The van der Waals surface area contributed by atoms with Gasteiger partial charge in [-0.15, -0.1) is 0 Å². The van der Waals surface area contributed by atoms with Crippen LogP contribution in [-0.2, 0) is 11.3 Å². The van der Waals surface area contributed by atoms with Crippen molar-refractivity contribution in [2.24, 2.45) is 0 Å². The summed E-state index contributed by atoms with van der Waals surface area (Å²) in [5, 5.41) is 0. The van der Waals surface area contributed by atoms with Gasteiger partial charge in [-0.3, -0.25) is 4.79 Å². The minimum Gasteiger partial charge on any atom is -0.469 e. The predicted molar refractivity (Wildman–Crippen MR) is 104 cm³/mol. The molecule has 0 fully saturated rings. The average molecular weight is 365 g/mol. The summed E-state index contributed by atoms with van der Waals surface area (Å²) >= 11 is 0. The van der Waals surface area contributed by atoms with Crippen molar-refractivity contribution in [3.05, 3.63) is 95.2 Å². The molecule has 4 heteroatoms. The lowest BCUT2D eigenvalue weighted by Crippen LogP contribution is -2.30. The number of furan rings is 1. The molecule has 0 unspecified atom stereocenters. The molecular formula is C23H24FNO2. The third-order valence-corrected chi connectivity index (χ3v) is 4.79. The van der Waals surface area contributed by atoms with Crippen LogP contribution < -0.4 is 0 Å². The number of nitrogens with zero attached hydrogens (tertiary/aromatic N) is 1. The highest BCUT2D eigenvalue weighted by Crippen LogP contribution is 2.29. The number of hydrogen-bond acceptors (Lipinski definition) is 2. The highest BCUT2D eigenvalue weighted by atomic mass is 19.1. The van der Waals surface area contributed by atoms with Gasteiger partial charge in [0.05, 0.1) is 6.26 Å². The Bertz CT molecular complexity index is 854. The number of amides is 1. The van der Waals surface area contributed by atoms with Crippen molar-refractivity contribution in [3.63, 3.8) is 0 Å². The third kappa shape index (κ3) is 5.07. The van der Waals surface area contributed by atoms with Gasteiger partial charge in [0.1, 0.15) is 11.6 Å². The van der Waals surface area contributed by atoms with Crippen LogP contribution in [0.3, 0.4) is 0 Å². The second-order valence-electron chi connectivity index (χ2n) is 6.83. The Labute approximate surface area is 159 Å². The summed E-state index contributed by atoms with van der Waals surface area (Å²) < 4.78 is 18.8. The molecule has 3 nitrogen and oxygen atoms in total. The second kappa shape index (κ2) is 8.67. The first kappa shape index (κ1) is 18.9. The van der Waals surface area contributed by atoms with E-state index < -0.39 is 0 Å². The lowest BCUT2D eigenvalue weighted by Gasteiger charge is -2.24. The second-order valence-corrected chi connectivity index (χ2v) is 6.83. The Morgan fingerprint density at radius 3 is 2.37 bits per heavy atom. The molecule has 0 saturated carbocycles. The van der Waals surface area contributed by atoms with E-state index in [0.29, 0.717) is 13.1 Å². The number of aryl methyl sites for hydroxylation is 1. The van der Waals surface area contributed by atoms with Crippen LogP contribution in [0.1, 0.15) is 41.7 Å². The minimum atomic E-state index is -0.273. The molecule has 0 N–H and O–H groups in total. The summed E-state index contributed by atoms with van der Waals surface area (Å²) in [5.41, 5.74) is 3.29. The summed E-state index contributed by atoms with van der Waals surface area (Å²) in [5.74, 6) is 0.701. The van der Waals surface area contributed by atoms with Crippen LogP contribution in [0.5, 0.6) is 0 Å². The fourth-order valence-electron chi connectivity index (χ4n) is 3.20. The van der Waals surface area contributed by atoms with E-state index in [0.717, 1.165) is 17.7 Å². The van der Waals surface area contributed by atoms with Crippen LogP contribution in [0.4, 0.5) is 4.39 Å². The minimum absolute atomic E-state index is 0.00132. The Morgan fingerprint density at radius 2 is 1.78 bits per heavy atom. The van der Waals surface area contributed by atoms with Crippen molar-refractivity contribution in [1.82, 2.24) is 4.90 Å². The first-order chi connectivity index (χ1) is 13.0. The van der Waals surface area contributed by atoms with Crippen LogP contribution in [0.25, 0.3) is 0 Å². The molecule has 0 bridgehead atoms. The van der Waals surface area contributed by atoms with Crippen molar-refractivity contribution in [3.8, 4) is 0 Å². The maximum absolute atomic E-state index is 13.1. The molecule has 140 valence electrons. The van der Waals surface area contributed by atoms with E-state index in [2.05, 4.69) is 31.2 Å². The van der Waals surface area contributed by atoms with Gasteiger partial charge in [-0.1, -0.05) is 42.0 Å². The van der Waals surface area contributed by atoms with Crippen molar-refractivity contribution in [1.29, 1.82) is 0 Å². The number of halogens is 1. The van der Waals surface area contributed by atoms with Gasteiger partial charge in [-0.2, -0.15) is 0 Å². The average Bonchev–Trinajstić information content (AvgIpc) is 3.18. The first-order valence-electron chi connectivity index (χ1n) is 9.13. The van der Waals surface area contributed by atoms with Crippen molar-refractivity contribution in [2.75, 3.05) is 6.54 Å².